The lowest BCUT2D eigenvalue weighted by atomic mass is 10.2. The van der Waals surface area contributed by atoms with Gasteiger partial charge in [-0.3, -0.25) is 4.31 Å². The average molecular weight is 345 g/mol. The highest BCUT2D eigenvalue weighted by Gasteiger charge is 2.30. The SMILES string of the molecule is C[C@@H](C(=O)O)N(c1ccccc1)S(=O)(=O)CC=Cc1ccccc1. The van der Waals surface area contributed by atoms with E-state index in [0.717, 1.165) is 9.87 Å². The summed E-state index contributed by atoms with van der Waals surface area (Å²) in [4.78, 5) is 11.3. The molecule has 0 radical (unpaired) electrons. The first-order valence-corrected chi connectivity index (χ1v) is 9.04. The minimum Gasteiger partial charge on any atom is -0.480 e. The Bertz CT molecular complexity index is 801. The molecular weight excluding hydrogens is 326 g/mol. The number of carboxylic acid groups (broad SMARTS) is 1. The van der Waals surface area contributed by atoms with E-state index in [9.17, 15) is 18.3 Å². The van der Waals surface area contributed by atoms with Gasteiger partial charge in [0.1, 0.15) is 6.04 Å². The fourth-order valence-electron chi connectivity index (χ4n) is 2.25. The molecule has 24 heavy (non-hydrogen) atoms. The molecule has 2 aromatic carbocycles. The van der Waals surface area contributed by atoms with Crippen molar-refractivity contribution in [2.24, 2.45) is 0 Å². The van der Waals surface area contributed by atoms with Crippen LogP contribution in [0.15, 0.2) is 66.7 Å². The van der Waals surface area contributed by atoms with E-state index in [2.05, 4.69) is 0 Å². The molecule has 6 heteroatoms. The molecule has 5 nitrogen and oxygen atoms in total. The van der Waals surface area contributed by atoms with Crippen molar-refractivity contribution < 1.29 is 18.3 Å². The zero-order valence-corrected chi connectivity index (χ0v) is 14.1. The van der Waals surface area contributed by atoms with Gasteiger partial charge in [-0.15, -0.1) is 0 Å². The number of rotatable bonds is 7. The maximum absolute atomic E-state index is 12.7. The molecule has 0 aliphatic heterocycles. The second kappa shape index (κ2) is 7.79. The Morgan fingerprint density at radius 1 is 1.08 bits per heavy atom. The predicted molar refractivity (Wildman–Crippen MR) is 95.3 cm³/mol. The van der Waals surface area contributed by atoms with Crippen molar-refractivity contribution in [3.05, 3.63) is 72.3 Å². The van der Waals surface area contributed by atoms with Crippen LogP contribution in [-0.2, 0) is 14.8 Å². The number of aliphatic carboxylic acids is 1. The van der Waals surface area contributed by atoms with E-state index < -0.39 is 22.0 Å². The minimum atomic E-state index is -3.82. The fraction of sp³-hybridized carbons (Fsp3) is 0.167. The Morgan fingerprint density at radius 3 is 2.17 bits per heavy atom. The van der Waals surface area contributed by atoms with Gasteiger partial charge >= 0.3 is 5.97 Å². The van der Waals surface area contributed by atoms with Crippen molar-refractivity contribution in [3.8, 4) is 0 Å². The molecule has 0 amide bonds. The van der Waals surface area contributed by atoms with Crippen LogP contribution in [0.4, 0.5) is 5.69 Å². The molecule has 0 bridgehead atoms. The summed E-state index contributed by atoms with van der Waals surface area (Å²) in [5.74, 6) is -1.48. The number of sulfonamides is 1. The van der Waals surface area contributed by atoms with Crippen LogP contribution in [0.3, 0.4) is 0 Å². The molecule has 0 fully saturated rings. The second-order valence-corrected chi connectivity index (χ2v) is 7.13. The summed E-state index contributed by atoms with van der Waals surface area (Å²) in [5.41, 5.74) is 1.21. The lowest BCUT2D eigenvalue weighted by Gasteiger charge is -2.27. The van der Waals surface area contributed by atoms with Crippen molar-refractivity contribution in [1.29, 1.82) is 0 Å². The predicted octanol–water partition coefficient (Wildman–Crippen LogP) is 3.01. The summed E-state index contributed by atoms with van der Waals surface area (Å²) in [5, 5.41) is 9.26. The zero-order valence-electron chi connectivity index (χ0n) is 13.2. The first-order valence-electron chi connectivity index (χ1n) is 7.43. The van der Waals surface area contributed by atoms with Gasteiger partial charge in [0, 0.05) is 0 Å². The summed E-state index contributed by atoms with van der Waals surface area (Å²) in [6.45, 7) is 1.35. The molecule has 0 saturated heterocycles. The summed E-state index contributed by atoms with van der Waals surface area (Å²) >= 11 is 0. The molecule has 0 aliphatic rings. The highest BCUT2D eigenvalue weighted by Crippen LogP contribution is 2.21. The lowest BCUT2D eigenvalue weighted by molar-refractivity contribution is -0.137. The van der Waals surface area contributed by atoms with Gasteiger partial charge in [-0.05, 0) is 24.6 Å². The Balaban J connectivity index is 2.27. The van der Waals surface area contributed by atoms with Crippen molar-refractivity contribution in [2.75, 3.05) is 10.1 Å². The van der Waals surface area contributed by atoms with Crippen LogP contribution in [-0.4, -0.2) is 31.3 Å². The molecule has 0 aliphatic carbocycles. The monoisotopic (exact) mass is 345 g/mol. The Morgan fingerprint density at radius 2 is 1.62 bits per heavy atom. The van der Waals surface area contributed by atoms with Gasteiger partial charge < -0.3 is 5.11 Å². The van der Waals surface area contributed by atoms with Crippen LogP contribution >= 0.6 is 0 Å². The molecule has 2 rings (SSSR count). The smallest absolute Gasteiger partial charge is 0.327 e. The number of hydrogen-bond acceptors (Lipinski definition) is 3. The van der Waals surface area contributed by atoms with Crippen LogP contribution in [0.2, 0.25) is 0 Å². The number of benzene rings is 2. The Hall–Kier alpha value is -2.60. The summed E-state index contributed by atoms with van der Waals surface area (Å²) < 4.78 is 26.3. The molecular formula is C18H19NO4S. The van der Waals surface area contributed by atoms with Crippen molar-refractivity contribution >= 4 is 27.8 Å². The van der Waals surface area contributed by atoms with Gasteiger partial charge in [0.25, 0.3) is 0 Å². The van der Waals surface area contributed by atoms with E-state index in [0.29, 0.717) is 5.69 Å². The molecule has 1 atom stereocenters. The first-order chi connectivity index (χ1) is 11.4. The minimum absolute atomic E-state index is 0.283. The van der Waals surface area contributed by atoms with Gasteiger partial charge in [0.05, 0.1) is 11.4 Å². The van der Waals surface area contributed by atoms with E-state index in [1.807, 2.05) is 30.3 Å². The number of carbonyl (C=O) groups is 1. The topological polar surface area (TPSA) is 74.7 Å². The van der Waals surface area contributed by atoms with Gasteiger partial charge in [0.2, 0.25) is 10.0 Å². The van der Waals surface area contributed by atoms with E-state index in [-0.39, 0.29) is 5.75 Å². The van der Waals surface area contributed by atoms with Gasteiger partial charge in [-0.1, -0.05) is 60.7 Å². The summed E-state index contributed by atoms with van der Waals surface area (Å²) in [6.07, 6.45) is 3.22. The van der Waals surface area contributed by atoms with Gasteiger partial charge in [-0.2, -0.15) is 0 Å². The van der Waals surface area contributed by atoms with E-state index in [4.69, 9.17) is 0 Å². The standard InChI is InChI=1S/C18H19NO4S/c1-15(18(20)21)19(17-12-6-3-7-13-17)24(22,23)14-8-11-16-9-4-2-5-10-16/h2-13,15H,14H2,1H3,(H,20,21)/t15-/m0/s1. The first kappa shape index (κ1) is 17.7. The molecule has 0 aromatic heterocycles. The molecule has 2 aromatic rings. The zero-order chi connectivity index (χ0) is 17.6. The third-order valence-corrected chi connectivity index (χ3v) is 5.18. The Labute approximate surface area is 141 Å². The number of carboxylic acids is 1. The maximum Gasteiger partial charge on any atom is 0.327 e. The normalized spacial score (nSPS) is 12.9. The highest BCUT2D eigenvalue weighted by atomic mass is 32.2. The molecule has 0 spiro atoms. The second-order valence-electron chi connectivity index (χ2n) is 5.24. The van der Waals surface area contributed by atoms with Crippen LogP contribution in [0, 0.1) is 0 Å². The summed E-state index contributed by atoms with van der Waals surface area (Å²) in [6, 6.07) is 16.4. The van der Waals surface area contributed by atoms with Crippen molar-refractivity contribution in [2.45, 2.75) is 13.0 Å². The van der Waals surface area contributed by atoms with Gasteiger partial charge in [-0.25, -0.2) is 13.2 Å². The fourth-order valence-corrected chi connectivity index (χ4v) is 3.77. The summed E-state index contributed by atoms with van der Waals surface area (Å²) in [7, 11) is -3.82. The van der Waals surface area contributed by atoms with Gasteiger partial charge in [0.15, 0.2) is 0 Å². The highest BCUT2D eigenvalue weighted by molar-refractivity contribution is 7.93. The number of para-hydroxylation sites is 1. The van der Waals surface area contributed by atoms with E-state index in [1.165, 1.54) is 13.0 Å². The lowest BCUT2D eigenvalue weighted by Crippen LogP contribution is -2.44. The third-order valence-electron chi connectivity index (χ3n) is 3.44. The number of nitrogens with zero attached hydrogens (tertiary/aromatic N) is 1. The number of hydrogen-bond donors (Lipinski definition) is 1. The average Bonchev–Trinajstić information content (AvgIpc) is 2.56. The van der Waals surface area contributed by atoms with E-state index >= 15 is 0 Å². The van der Waals surface area contributed by atoms with Crippen molar-refractivity contribution in [3.63, 3.8) is 0 Å². The van der Waals surface area contributed by atoms with Crippen LogP contribution in [0.25, 0.3) is 6.08 Å². The quantitative estimate of drug-likeness (QED) is 0.837. The Kier molecular flexibility index (Phi) is 5.76. The largest absolute Gasteiger partial charge is 0.480 e. The van der Waals surface area contributed by atoms with Crippen LogP contribution < -0.4 is 4.31 Å². The van der Waals surface area contributed by atoms with Crippen LogP contribution in [0.1, 0.15) is 12.5 Å². The van der Waals surface area contributed by atoms with Crippen LogP contribution in [0.5, 0.6) is 0 Å². The van der Waals surface area contributed by atoms with E-state index in [1.54, 1.807) is 36.4 Å². The maximum atomic E-state index is 12.7. The molecule has 0 heterocycles. The molecule has 1 N–H and O–H groups in total. The molecule has 0 saturated carbocycles. The third kappa shape index (κ3) is 4.45. The molecule has 0 unspecified atom stereocenters. The van der Waals surface area contributed by atoms with Crippen molar-refractivity contribution in [1.82, 2.24) is 0 Å². The molecule has 126 valence electrons. The number of anilines is 1.